The van der Waals surface area contributed by atoms with Crippen molar-refractivity contribution in [3.8, 4) is 5.75 Å². The van der Waals surface area contributed by atoms with Gasteiger partial charge in [-0.25, -0.2) is 8.42 Å². The molecule has 0 fully saturated rings. The number of benzene rings is 2. The zero-order valence-electron chi connectivity index (χ0n) is 11.6. The maximum atomic E-state index is 12.3. The first-order chi connectivity index (χ1) is 10.7. The van der Waals surface area contributed by atoms with E-state index in [0.29, 0.717) is 0 Å². The molecule has 0 amide bonds. The zero-order valence-corrected chi connectivity index (χ0v) is 14.7. The highest BCUT2D eigenvalue weighted by Crippen LogP contribution is 2.43. The van der Waals surface area contributed by atoms with Crippen molar-refractivity contribution in [2.24, 2.45) is 0 Å². The normalized spacial score (nSPS) is 11.1. The lowest BCUT2D eigenvalue weighted by molar-refractivity contribution is -0.131. The minimum absolute atomic E-state index is 0.0265. The molecular weight excluding hydrogens is 385 g/mol. The minimum atomic E-state index is -3.86. The van der Waals surface area contributed by atoms with E-state index in [9.17, 15) is 13.2 Å². The summed E-state index contributed by atoms with van der Waals surface area (Å²) in [7, 11) is -3.86. The summed E-state index contributed by atoms with van der Waals surface area (Å²) < 4.78 is 31.8. The largest absolute Gasteiger partial charge is 0.423 e. The van der Waals surface area contributed by atoms with Crippen LogP contribution in [0.15, 0.2) is 41.3 Å². The van der Waals surface area contributed by atoms with Gasteiger partial charge in [0.05, 0.1) is 20.6 Å². The van der Waals surface area contributed by atoms with Gasteiger partial charge in [-0.05, 0) is 18.2 Å². The second-order valence-electron chi connectivity index (χ2n) is 4.38. The molecule has 9 heteroatoms. The average Bonchev–Trinajstić information content (AvgIpc) is 2.49. The molecule has 2 rings (SSSR count). The maximum absolute atomic E-state index is 12.3. The van der Waals surface area contributed by atoms with Crippen molar-refractivity contribution < 1.29 is 17.9 Å². The van der Waals surface area contributed by atoms with Gasteiger partial charge in [-0.2, -0.15) is 0 Å². The van der Waals surface area contributed by atoms with E-state index in [4.69, 9.17) is 39.5 Å². The molecule has 0 saturated heterocycles. The van der Waals surface area contributed by atoms with Gasteiger partial charge < -0.3 is 4.74 Å². The Morgan fingerprint density at radius 2 is 1.70 bits per heavy atom. The Kier molecular flexibility index (Phi) is 5.41. The smallest absolute Gasteiger partial charge is 0.308 e. The highest BCUT2D eigenvalue weighted by Gasteiger charge is 2.21. The quantitative estimate of drug-likeness (QED) is 0.475. The van der Waals surface area contributed by atoms with E-state index in [0.717, 1.165) is 0 Å². The van der Waals surface area contributed by atoms with E-state index in [1.54, 1.807) is 18.2 Å². The number of sulfonamides is 1. The highest BCUT2D eigenvalue weighted by atomic mass is 35.5. The van der Waals surface area contributed by atoms with Crippen molar-refractivity contribution in [1.29, 1.82) is 0 Å². The standard InChI is InChI=1S/C14H10Cl3NO4S/c1-8(19)22-14-10(15)7-11(12(16)13(14)17)18-23(20,21)9-5-3-2-4-6-9/h2-7,18H,1H3. The van der Waals surface area contributed by atoms with Crippen LogP contribution in [0.25, 0.3) is 0 Å². The molecule has 23 heavy (non-hydrogen) atoms. The molecule has 0 bridgehead atoms. The summed E-state index contributed by atoms with van der Waals surface area (Å²) in [6.45, 7) is 1.17. The van der Waals surface area contributed by atoms with E-state index in [2.05, 4.69) is 4.72 Å². The second-order valence-corrected chi connectivity index (χ2v) is 7.22. The average molecular weight is 395 g/mol. The van der Waals surface area contributed by atoms with Crippen LogP contribution in [-0.4, -0.2) is 14.4 Å². The summed E-state index contributed by atoms with van der Waals surface area (Å²) in [5.41, 5.74) is -0.0265. The summed E-state index contributed by atoms with van der Waals surface area (Å²) in [6.07, 6.45) is 0. The molecule has 0 aliphatic heterocycles. The fourth-order valence-corrected chi connectivity index (χ4v) is 3.55. The molecule has 0 aliphatic carbocycles. The van der Waals surface area contributed by atoms with Crippen molar-refractivity contribution >= 4 is 56.5 Å². The lowest BCUT2D eigenvalue weighted by Gasteiger charge is -2.14. The summed E-state index contributed by atoms with van der Waals surface area (Å²) in [4.78, 5) is 11.1. The van der Waals surface area contributed by atoms with Crippen LogP contribution in [0.5, 0.6) is 5.75 Å². The lowest BCUT2D eigenvalue weighted by Crippen LogP contribution is -2.13. The van der Waals surface area contributed by atoms with Crippen LogP contribution < -0.4 is 9.46 Å². The number of anilines is 1. The lowest BCUT2D eigenvalue weighted by atomic mass is 10.3. The SMILES string of the molecule is CC(=O)Oc1c(Cl)cc(NS(=O)(=O)c2ccccc2)c(Cl)c1Cl. The van der Waals surface area contributed by atoms with E-state index < -0.39 is 16.0 Å². The Hall–Kier alpha value is -1.47. The van der Waals surface area contributed by atoms with Crippen LogP contribution in [0.1, 0.15) is 6.92 Å². The number of carbonyl (C=O) groups is 1. The zero-order chi connectivity index (χ0) is 17.2. The Morgan fingerprint density at radius 1 is 1.09 bits per heavy atom. The van der Waals surface area contributed by atoms with E-state index in [1.807, 2.05) is 0 Å². The van der Waals surface area contributed by atoms with Crippen molar-refractivity contribution in [2.75, 3.05) is 4.72 Å². The summed E-state index contributed by atoms with van der Waals surface area (Å²) >= 11 is 18.0. The molecule has 2 aromatic rings. The molecule has 1 N–H and O–H groups in total. The predicted molar refractivity (Wildman–Crippen MR) is 90.0 cm³/mol. The fraction of sp³-hybridized carbons (Fsp3) is 0.0714. The predicted octanol–water partition coefficient (Wildman–Crippen LogP) is 4.37. The molecule has 0 heterocycles. The maximum Gasteiger partial charge on any atom is 0.308 e. The van der Waals surface area contributed by atoms with Gasteiger partial charge in [0, 0.05) is 6.92 Å². The number of halogens is 3. The number of carbonyl (C=O) groups excluding carboxylic acids is 1. The molecule has 0 spiro atoms. The van der Waals surface area contributed by atoms with Gasteiger partial charge in [0.2, 0.25) is 0 Å². The molecule has 0 atom stereocenters. The summed E-state index contributed by atoms with van der Waals surface area (Å²) in [5, 5.41) is -0.354. The third-order valence-electron chi connectivity index (χ3n) is 2.66. The summed E-state index contributed by atoms with van der Waals surface area (Å²) in [6, 6.07) is 8.92. The first-order valence-electron chi connectivity index (χ1n) is 6.16. The number of ether oxygens (including phenoxy) is 1. The van der Waals surface area contributed by atoms with Crippen LogP contribution in [0.2, 0.25) is 15.1 Å². The Labute approximate surface area is 148 Å². The van der Waals surface area contributed by atoms with Gasteiger partial charge in [-0.15, -0.1) is 0 Å². The molecule has 0 aromatic heterocycles. The third-order valence-corrected chi connectivity index (χ3v) is 5.17. The molecular formula is C14H10Cl3NO4S. The Bertz CT molecular complexity index is 854. The number of hydrogen-bond donors (Lipinski definition) is 1. The minimum Gasteiger partial charge on any atom is -0.423 e. The van der Waals surface area contributed by atoms with Gasteiger partial charge in [0.1, 0.15) is 5.02 Å². The molecule has 0 radical (unpaired) electrons. The Balaban J connectivity index is 2.44. The van der Waals surface area contributed by atoms with E-state index in [-0.39, 0.29) is 31.4 Å². The van der Waals surface area contributed by atoms with E-state index >= 15 is 0 Å². The molecule has 0 saturated carbocycles. The van der Waals surface area contributed by atoms with E-state index in [1.165, 1.54) is 25.1 Å². The topological polar surface area (TPSA) is 72.5 Å². The van der Waals surface area contributed by atoms with Crippen LogP contribution in [0.3, 0.4) is 0 Å². The van der Waals surface area contributed by atoms with Crippen molar-refractivity contribution in [3.05, 3.63) is 51.5 Å². The first kappa shape index (κ1) is 17.9. The van der Waals surface area contributed by atoms with Gasteiger partial charge in [-0.3, -0.25) is 9.52 Å². The monoisotopic (exact) mass is 393 g/mol. The van der Waals surface area contributed by atoms with Crippen LogP contribution in [0, 0.1) is 0 Å². The number of hydrogen-bond acceptors (Lipinski definition) is 4. The van der Waals surface area contributed by atoms with Crippen LogP contribution in [0.4, 0.5) is 5.69 Å². The van der Waals surface area contributed by atoms with Crippen molar-refractivity contribution in [2.45, 2.75) is 11.8 Å². The number of nitrogens with one attached hydrogen (secondary N) is 1. The van der Waals surface area contributed by atoms with Crippen LogP contribution in [-0.2, 0) is 14.8 Å². The van der Waals surface area contributed by atoms with Gasteiger partial charge in [-0.1, -0.05) is 53.0 Å². The Morgan fingerprint density at radius 3 is 2.26 bits per heavy atom. The van der Waals surface area contributed by atoms with Crippen molar-refractivity contribution in [1.82, 2.24) is 0 Å². The molecule has 5 nitrogen and oxygen atoms in total. The van der Waals surface area contributed by atoms with Gasteiger partial charge >= 0.3 is 5.97 Å². The number of rotatable bonds is 4. The second kappa shape index (κ2) is 6.97. The molecule has 122 valence electrons. The van der Waals surface area contributed by atoms with Gasteiger partial charge in [0.25, 0.3) is 10.0 Å². The third kappa shape index (κ3) is 4.09. The summed E-state index contributed by atoms with van der Waals surface area (Å²) in [5.74, 6) is -0.768. The van der Waals surface area contributed by atoms with Gasteiger partial charge in [0.15, 0.2) is 5.75 Å². The molecule has 0 unspecified atom stereocenters. The van der Waals surface area contributed by atoms with Crippen molar-refractivity contribution in [3.63, 3.8) is 0 Å². The molecule has 2 aromatic carbocycles. The van der Waals surface area contributed by atoms with Crippen LogP contribution >= 0.6 is 34.8 Å². The highest BCUT2D eigenvalue weighted by molar-refractivity contribution is 7.92. The fourth-order valence-electron chi connectivity index (χ4n) is 1.69. The number of esters is 1. The molecule has 0 aliphatic rings. The first-order valence-corrected chi connectivity index (χ1v) is 8.78.